The molecule has 1 aliphatic rings. The number of amides is 1. The molecule has 1 atom stereocenters. The highest BCUT2D eigenvalue weighted by Crippen LogP contribution is 2.41. The summed E-state index contributed by atoms with van der Waals surface area (Å²) in [5, 5.41) is 4.07. The Kier molecular flexibility index (Phi) is 4.52. The summed E-state index contributed by atoms with van der Waals surface area (Å²) >= 11 is 1.47. The normalized spacial score (nSPS) is 15.5. The highest BCUT2D eigenvalue weighted by atomic mass is 32.2. The first-order valence-corrected chi connectivity index (χ1v) is 8.58. The summed E-state index contributed by atoms with van der Waals surface area (Å²) in [5.41, 5.74) is 2.46. The van der Waals surface area contributed by atoms with E-state index in [2.05, 4.69) is 41.5 Å². The van der Waals surface area contributed by atoms with Crippen LogP contribution in [-0.2, 0) is 11.8 Å². The fraction of sp³-hybridized carbons (Fsp3) is 0.412. The van der Waals surface area contributed by atoms with Crippen molar-refractivity contribution < 1.29 is 4.79 Å². The van der Waals surface area contributed by atoms with Gasteiger partial charge in [-0.05, 0) is 31.2 Å². The number of carbonyl (C=O) groups is 1. The zero-order chi connectivity index (χ0) is 15.5. The van der Waals surface area contributed by atoms with E-state index in [1.807, 2.05) is 17.8 Å². The standard InChI is InChI=1S/C17H21N3OS/c1-12-3-5-13(6-4-12)16(14-7-8-14)19-15(21)11-22-17-18-9-10-20(17)2/h3-6,9-10,14,16H,7-8,11H2,1-2H3,(H,19,21). The summed E-state index contributed by atoms with van der Waals surface area (Å²) in [7, 11) is 1.94. The van der Waals surface area contributed by atoms with Crippen LogP contribution < -0.4 is 5.32 Å². The molecule has 0 spiro atoms. The largest absolute Gasteiger partial charge is 0.348 e. The first kappa shape index (κ1) is 15.2. The van der Waals surface area contributed by atoms with Gasteiger partial charge in [0.05, 0.1) is 11.8 Å². The topological polar surface area (TPSA) is 46.9 Å². The minimum Gasteiger partial charge on any atom is -0.348 e. The van der Waals surface area contributed by atoms with Gasteiger partial charge in [-0.3, -0.25) is 4.79 Å². The van der Waals surface area contributed by atoms with Crippen molar-refractivity contribution >= 4 is 17.7 Å². The zero-order valence-electron chi connectivity index (χ0n) is 13.0. The van der Waals surface area contributed by atoms with Crippen molar-refractivity contribution in [2.45, 2.75) is 31.0 Å². The lowest BCUT2D eigenvalue weighted by Gasteiger charge is -2.19. The van der Waals surface area contributed by atoms with Crippen LogP contribution in [0.4, 0.5) is 0 Å². The number of rotatable bonds is 6. The third kappa shape index (κ3) is 3.71. The summed E-state index contributed by atoms with van der Waals surface area (Å²) in [5.74, 6) is 1.07. The van der Waals surface area contributed by atoms with E-state index >= 15 is 0 Å². The fourth-order valence-corrected chi connectivity index (χ4v) is 3.26. The van der Waals surface area contributed by atoms with Gasteiger partial charge in [-0.1, -0.05) is 41.6 Å². The van der Waals surface area contributed by atoms with Crippen molar-refractivity contribution in [2.75, 3.05) is 5.75 Å². The molecule has 1 N–H and O–H groups in total. The van der Waals surface area contributed by atoms with Crippen LogP contribution in [0, 0.1) is 12.8 Å². The molecule has 116 valence electrons. The van der Waals surface area contributed by atoms with Gasteiger partial charge in [-0.15, -0.1) is 0 Å². The van der Waals surface area contributed by atoms with Crippen molar-refractivity contribution in [3.8, 4) is 0 Å². The molecule has 0 bridgehead atoms. The summed E-state index contributed by atoms with van der Waals surface area (Å²) in [6, 6.07) is 8.63. The van der Waals surface area contributed by atoms with E-state index in [1.165, 1.54) is 35.7 Å². The number of thioether (sulfide) groups is 1. The van der Waals surface area contributed by atoms with E-state index < -0.39 is 0 Å². The number of hydrogen-bond acceptors (Lipinski definition) is 3. The van der Waals surface area contributed by atoms with Crippen LogP contribution in [0.5, 0.6) is 0 Å². The number of nitrogens with zero attached hydrogens (tertiary/aromatic N) is 2. The Labute approximate surface area is 135 Å². The van der Waals surface area contributed by atoms with Crippen molar-refractivity contribution in [1.82, 2.24) is 14.9 Å². The maximum Gasteiger partial charge on any atom is 0.230 e. The molecule has 0 aliphatic heterocycles. The maximum atomic E-state index is 12.3. The molecule has 1 aromatic carbocycles. The molecule has 0 radical (unpaired) electrons. The van der Waals surface area contributed by atoms with Crippen molar-refractivity contribution in [1.29, 1.82) is 0 Å². The number of benzene rings is 1. The summed E-state index contributed by atoms with van der Waals surface area (Å²) in [4.78, 5) is 16.5. The van der Waals surface area contributed by atoms with Gasteiger partial charge in [-0.25, -0.2) is 4.98 Å². The van der Waals surface area contributed by atoms with E-state index in [1.54, 1.807) is 6.20 Å². The molecular weight excluding hydrogens is 294 g/mol. The van der Waals surface area contributed by atoms with Gasteiger partial charge in [0.25, 0.3) is 0 Å². The Morgan fingerprint density at radius 2 is 2.14 bits per heavy atom. The maximum absolute atomic E-state index is 12.3. The van der Waals surface area contributed by atoms with Crippen LogP contribution in [0.1, 0.15) is 30.0 Å². The van der Waals surface area contributed by atoms with Crippen LogP contribution in [0.25, 0.3) is 0 Å². The summed E-state index contributed by atoms with van der Waals surface area (Å²) < 4.78 is 1.93. The quantitative estimate of drug-likeness (QED) is 0.833. The molecule has 1 aliphatic carbocycles. The number of aryl methyl sites for hydroxylation is 2. The monoisotopic (exact) mass is 315 g/mol. The van der Waals surface area contributed by atoms with Crippen LogP contribution >= 0.6 is 11.8 Å². The minimum absolute atomic E-state index is 0.0745. The van der Waals surface area contributed by atoms with E-state index in [4.69, 9.17) is 0 Å². The van der Waals surface area contributed by atoms with Crippen LogP contribution in [-0.4, -0.2) is 21.2 Å². The van der Waals surface area contributed by atoms with E-state index in [0.717, 1.165) is 5.16 Å². The molecule has 22 heavy (non-hydrogen) atoms. The lowest BCUT2D eigenvalue weighted by molar-refractivity contribution is -0.119. The van der Waals surface area contributed by atoms with Gasteiger partial charge in [0.1, 0.15) is 0 Å². The van der Waals surface area contributed by atoms with Crippen LogP contribution in [0.15, 0.2) is 41.8 Å². The first-order valence-electron chi connectivity index (χ1n) is 7.59. The average molecular weight is 315 g/mol. The SMILES string of the molecule is Cc1ccc(C(NC(=O)CSc2nccn2C)C2CC2)cc1. The van der Waals surface area contributed by atoms with Crippen molar-refractivity contribution in [3.05, 3.63) is 47.8 Å². The predicted molar refractivity (Wildman–Crippen MR) is 88.7 cm³/mol. The second kappa shape index (κ2) is 6.57. The van der Waals surface area contributed by atoms with Gasteiger partial charge in [0, 0.05) is 19.4 Å². The Hall–Kier alpha value is -1.75. The Balaban J connectivity index is 1.60. The van der Waals surface area contributed by atoms with Crippen LogP contribution in [0.2, 0.25) is 0 Å². The van der Waals surface area contributed by atoms with Gasteiger partial charge in [-0.2, -0.15) is 0 Å². The summed E-state index contributed by atoms with van der Waals surface area (Å²) in [6.07, 6.45) is 6.04. The Bertz CT molecular complexity index is 646. The Morgan fingerprint density at radius 1 is 1.41 bits per heavy atom. The van der Waals surface area contributed by atoms with Crippen molar-refractivity contribution in [2.24, 2.45) is 13.0 Å². The van der Waals surface area contributed by atoms with E-state index in [0.29, 0.717) is 11.7 Å². The van der Waals surface area contributed by atoms with E-state index in [-0.39, 0.29) is 11.9 Å². The first-order chi connectivity index (χ1) is 10.6. The molecule has 0 saturated heterocycles. The number of nitrogens with one attached hydrogen (secondary N) is 1. The molecule has 2 aromatic rings. The Morgan fingerprint density at radius 3 is 2.73 bits per heavy atom. The fourth-order valence-electron chi connectivity index (χ4n) is 2.51. The number of hydrogen-bond donors (Lipinski definition) is 1. The molecule has 1 aromatic heterocycles. The molecule has 5 heteroatoms. The zero-order valence-corrected chi connectivity index (χ0v) is 13.8. The summed E-state index contributed by atoms with van der Waals surface area (Å²) in [6.45, 7) is 2.08. The average Bonchev–Trinajstić information content (AvgIpc) is 3.26. The van der Waals surface area contributed by atoms with Gasteiger partial charge < -0.3 is 9.88 Å². The number of imidazole rings is 1. The predicted octanol–water partition coefficient (Wildman–Crippen LogP) is 3.09. The third-order valence-electron chi connectivity index (χ3n) is 3.96. The highest BCUT2D eigenvalue weighted by Gasteiger charge is 2.33. The van der Waals surface area contributed by atoms with Crippen molar-refractivity contribution in [3.63, 3.8) is 0 Å². The second-order valence-corrected chi connectivity index (χ2v) is 6.85. The van der Waals surface area contributed by atoms with Gasteiger partial charge in [0.2, 0.25) is 5.91 Å². The second-order valence-electron chi connectivity index (χ2n) is 5.90. The number of aromatic nitrogens is 2. The lowest BCUT2D eigenvalue weighted by Crippen LogP contribution is -2.31. The highest BCUT2D eigenvalue weighted by molar-refractivity contribution is 7.99. The molecular formula is C17H21N3OS. The number of carbonyl (C=O) groups excluding carboxylic acids is 1. The molecule has 1 unspecified atom stereocenters. The molecule has 3 rings (SSSR count). The lowest BCUT2D eigenvalue weighted by atomic mass is 10.0. The molecule has 1 fully saturated rings. The van der Waals surface area contributed by atoms with Crippen LogP contribution in [0.3, 0.4) is 0 Å². The van der Waals surface area contributed by atoms with Gasteiger partial charge >= 0.3 is 0 Å². The molecule has 1 heterocycles. The smallest absolute Gasteiger partial charge is 0.230 e. The van der Waals surface area contributed by atoms with Gasteiger partial charge in [0.15, 0.2) is 5.16 Å². The molecule has 1 amide bonds. The van der Waals surface area contributed by atoms with E-state index in [9.17, 15) is 4.79 Å². The molecule has 4 nitrogen and oxygen atoms in total. The molecule has 1 saturated carbocycles. The minimum atomic E-state index is 0.0745. The third-order valence-corrected chi connectivity index (χ3v) is 5.01.